The van der Waals surface area contributed by atoms with Crippen LogP contribution in [-0.4, -0.2) is 63.3 Å². The van der Waals surface area contributed by atoms with Crippen LogP contribution < -0.4 is 10.6 Å². The summed E-state index contributed by atoms with van der Waals surface area (Å²) in [6, 6.07) is 0.0667. The summed E-state index contributed by atoms with van der Waals surface area (Å²) in [4.78, 5) is 13.8. The molecule has 0 spiro atoms. The average Bonchev–Trinajstić information content (AvgIpc) is 2.29. The van der Waals surface area contributed by atoms with Gasteiger partial charge in [-0.1, -0.05) is 13.8 Å². The minimum Gasteiger partial charge on any atom is -0.383 e. The van der Waals surface area contributed by atoms with Crippen LogP contribution in [0.15, 0.2) is 0 Å². The predicted octanol–water partition coefficient (Wildman–Crippen LogP) is 0.0689. The molecule has 0 aromatic heterocycles. The maximum absolute atomic E-state index is 11.5. The predicted molar refractivity (Wildman–Crippen MR) is 70.1 cm³/mol. The van der Waals surface area contributed by atoms with E-state index < -0.39 is 0 Å². The van der Waals surface area contributed by atoms with Crippen LogP contribution in [0.4, 0.5) is 0 Å². The van der Waals surface area contributed by atoms with Gasteiger partial charge in [0.05, 0.1) is 13.2 Å². The first-order valence-corrected chi connectivity index (χ1v) is 6.35. The van der Waals surface area contributed by atoms with E-state index in [-0.39, 0.29) is 11.9 Å². The lowest BCUT2D eigenvalue weighted by atomic mass is 10.3. The molecule has 0 aliphatic carbocycles. The first kappa shape index (κ1) is 16.4. The van der Waals surface area contributed by atoms with Crippen molar-refractivity contribution in [3.05, 3.63) is 0 Å². The molecular weight excluding hydrogens is 218 g/mol. The third-order valence-corrected chi connectivity index (χ3v) is 2.61. The Kier molecular flexibility index (Phi) is 10.1. The van der Waals surface area contributed by atoms with Gasteiger partial charge in [-0.2, -0.15) is 0 Å². The zero-order valence-corrected chi connectivity index (χ0v) is 11.6. The minimum absolute atomic E-state index is 0.0223. The normalized spacial score (nSPS) is 12.8. The molecule has 0 fully saturated rings. The second kappa shape index (κ2) is 10.5. The molecule has 17 heavy (non-hydrogen) atoms. The molecule has 2 N–H and O–H groups in total. The molecule has 5 heteroatoms. The molecule has 0 aromatic rings. The van der Waals surface area contributed by atoms with Crippen molar-refractivity contribution in [1.82, 2.24) is 15.5 Å². The summed E-state index contributed by atoms with van der Waals surface area (Å²) in [6.45, 7) is 11.1. The van der Waals surface area contributed by atoms with Crippen LogP contribution >= 0.6 is 0 Å². The number of hydrogen-bond acceptors (Lipinski definition) is 4. The van der Waals surface area contributed by atoms with Gasteiger partial charge in [0.15, 0.2) is 0 Å². The molecule has 0 aliphatic heterocycles. The van der Waals surface area contributed by atoms with E-state index in [0.29, 0.717) is 13.2 Å². The molecule has 0 radical (unpaired) electrons. The molecule has 0 rings (SSSR count). The number of nitrogens with zero attached hydrogens (tertiary/aromatic N) is 1. The van der Waals surface area contributed by atoms with E-state index in [1.807, 2.05) is 6.92 Å². The Labute approximate surface area is 105 Å². The van der Waals surface area contributed by atoms with Crippen molar-refractivity contribution in [2.45, 2.75) is 26.8 Å². The Morgan fingerprint density at radius 2 is 2.00 bits per heavy atom. The first-order chi connectivity index (χ1) is 8.13. The van der Waals surface area contributed by atoms with Gasteiger partial charge in [0, 0.05) is 26.2 Å². The van der Waals surface area contributed by atoms with E-state index in [1.165, 1.54) is 0 Å². The Morgan fingerprint density at radius 1 is 1.35 bits per heavy atom. The smallest absolute Gasteiger partial charge is 0.234 e. The summed E-state index contributed by atoms with van der Waals surface area (Å²) < 4.78 is 4.95. The van der Waals surface area contributed by atoms with Crippen LogP contribution in [0.1, 0.15) is 20.8 Å². The number of rotatable bonds is 10. The van der Waals surface area contributed by atoms with Gasteiger partial charge >= 0.3 is 0 Å². The number of nitrogens with one attached hydrogen (secondary N) is 2. The standard InChI is InChI=1S/C12H27N3O2/c1-5-15(6-2)8-7-13-9-12(16)14-11(3)10-17-4/h11,13H,5-10H2,1-4H3,(H,14,16). The summed E-state index contributed by atoms with van der Waals surface area (Å²) in [7, 11) is 1.63. The Balaban J connectivity index is 3.51. The zero-order valence-electron chi connectivity index (χ0n) is 11.6. The Bertz CT molecular complexity index is 196. The van der Waals surface area contributed by atoms with Gasteiger partial charge in [-0.3, -0.25) is 4.79 Å². The van der Waals surface area contributed by atoms with Crippen molar-refractivity contribution in [2.75, 3.05) is 46.4 Å². The quantitative estimate of drug-likeness (QED) is 0.535. The molecule has 5 nitrogen and oxygen atoms in total. The highest BCUT2D eigenvalue weighted by molar-refractivity contribution is 5.78. The summed E-state index contributed by atoms with van der Waals surface area (Å²) in [5.41, 5.74) is 0. The second-order valence-electron chi connectivity index (χ2n) is 4.13. The second-order valence-corrected chi connectivity index (χ2v) is 4.13. The molecule has 1 atom stereocenters. The Morgan fingerprint density at radius 3 is 2.53 bits per heavy atom. The highest BCUT2D eigenvalue weighted by atomic mass is 16.5. The van der Waals surface area contributed by atoms with Crippen molar-refractivity contribution in [3.8, 4) is 0 Å². The fourth-order valence-corrected chi connectivity index (χ4v) is 1.60. The van der Waals surface area contributed by atoms with Gasteiger partial charge in [0.2, 0.25) is 5.91 Å². The van der Waals surface area contributed by atoms with Crippen LogP contribution in [0.25, 0.3) is 0 Å². The lowest BCUT2D eigenvalue weighted by Crippen LogP contribution is -2.42. The molecule has 0 heterocycles. The highest BCUT2D eigenvalue weighted by Crippen LogP contribution is 1.84. The summed E-state index contributed by atoms with van der Waals surface area (Å²) in [6.07, 6.45) is 0. The summed E-state index contributed by atoms with van der Waals surface area (Å²) in [5.74, 6) is 0.0223. The SMILES string of the molecule is CCN(CC)CCNCC(=O)NC(C)COC. The zero-order chi connectivity index (χ0) is 13.1. The molecule has 0 aliphatic rings. The van der Waals surface area contributed by atoms with Crippen molar-refractivity contribution < 1.29 is 9.53 Å². The third kappa shape index (κ3) is 9.09. The lowest BCUT2D eigenvalue weighted by molar-refractivity contribution is -0.121. The van der Waals surface area contributed by atoms with Crippen LogP contribution in [0.5, 0.6) is 0 Å². The van der Waals surface area contributed by atoms with Crippen LogP contribution in [0.2, 0.25) is 0 Å². The maximum Gasteiger partial charge on any atom is 0.234 e. The summed E-state index contributed by atoms with van der Waals surface area (Å²) in [5, 5.41) is 5.99. The highest BCUT2D eigenvalue weighted by Gasteiger charge is 2.06. The fourth-order valence-electron chi connectivity index (χ4n) is 1.60. The number of carbonyl (C=O) groups is 1. The molecular formula is C12H27N3O2. The molecule has 0 saturated heterocycles. The topological polar surface area (TPSA) is 53.6 Å². The van der Waals surface area contributed by atoms with Crippen LogP contribution in [0, 0.1) is 0 Å². The molecule has 1 unspecified atom stereocenters. The van der Waals surface area contributed by atoms with Crippen molar-refractivity contribution in [3.63, 3.8) is 0 Å². The third-order valence-electron chi connectivity index (χ3n) is 2.61. The molecule has 0 aromatic carbocycles. The average molecular weight is 245 g/mol. The largest absolute Gasteiger partial charge is 0.383 e. The lowest BCUT2D eigenvalue weighted by Gasteiger charge is -2.18. The monoisotopic (exact) mass is 245 g/mol. The van der Waals surface area contributed by atoms with Crippen molar-refractivity contribution in [1.29, 1.82) is 0 Å². The molecule has 102 valence electrons. The van der Waals surface area contributed by atoms with E-state index in [2.05, 4.69) is 29.4 Å². The minimum atomic E-state index is 0.0223. The number of hydrogen-bond donors (Lipinski definition) is 2. The molecule has 1 amide bonds. The van der Waals surface area contributed by atoms with Gasteiger partial charge < -0.3 is 20.3 Å². The molecule has 0 saturated carbocycles. The van der Waals surface area contributed by atoms with E-state index >= 15 is 0 Å². The van der Waals surface area contributed by atoms with Gasteiger partial charge in [0.1, 0.15) is 0 Å². The number of carbonyl (C=O) groups excluding carboxylic acids is 1. The van der Waals surface area contributed by atoms with Gasteiger partial charge in [-0.15, -0.1) is 0 Å². The Hall–Kier alpha value is -0.650. The van der Waals surface area contributed by atoms with E-state index in [4.69, 9.17) is 4.74 Å². The van der Waals surface area contributed by atoms with E-state index in [0.717, 1.165) is 26.2 Å². The fraction of sp³-hybridized carbons (Fsp3) is 0.917. The number of ether oxygens (including phenoxy) is 1. The molecule has 0 bridgehead atoms. The number of methoxy groups -OCH3 is 1. The first-order valence-electron chi connectivity index (χ1n) is 6.35. The number of amides is 1. The van der Waals surface area contributed by atoms with Crippen molar-refractivity contribution in [2.24, 2.45) is 0 Å². The van der Waals surface area contributed by atoms with Crippen molar-refractivity contribution >= 4 is 5.91 Å². The van der Waals surface area contributed by atoms with Gasteiger partial charge in [0.25, 0.3) is 0 Å². The van der Waals surface area contributed by atoms with Gasteiger partial charge in [-0.05, 0) is 20.0 Å². The maximum atomic E-state index is 11.5. The summed E-state index contributed by atoms with van der Waals surface area (Å²) >= 11 is 0. The van der Waals surface area contributed by atoms with Crippen LogP contribution in [-0.2, 0) is 9.53 Å². The van der Waals surface area contributed by atoms with Crippen LogP contribution in [0.3, 0.4) is 0 Å². The number of likely N-dealkylation sites (N-methyl/N-ethyl adjacent to an activating group) is 1. The van der Waals surface area contributed by atoms with Gasteiger partial charge in [-0.25, -0.2) is 0 Å². The van der Waals surface area contributed by atoms with E-state index in [9.17, 15) is 4.79 Å². The van der Waals surface area contributed by atoms with E-state index in [1.54, 1.807) is 7.11 Å².